The van der Waals surface area contributed by atoms with Gasteiger partial charge in [0.15, 0.2) is 5.54 Å². The number of hydrogen-bond acceptors (Lipinski definition) is 1. The fourth-order valence-electron chi connectivity index (χ4n) is 3.64. The molecule has 1 unspecified atom stereocenters. The maximum absolute atomic E-state index is 14.3. The number of halogens is 3. The number of anilines is 1. The Hall–Kier alpha value is -3.72. The second-order valence-electron chi connectivity index (χ2n) is 6.81. The van der Waals surface area contributed by atoms with E-state index >= 15 is 0 Å². The largest absolute Gasteiger partial charge is 0.323 e. The van der Waals surface area contributed by atoms with Gasteiger partial charge in [0.2, 0.25) is 0 Å². The molecule has 30 heavy (non-hydrogen) atoms. The van der Waals surface area contributed by atoms with Crippen LogP contribution in [0.2, 0.25) is 0 Å². The van der Waals surface area contributed by atoms with Crippen molar-refractivity contribution in [3.63, 3.8) is 0 Å². The van der Waals surface area contributed by atoms with E-state index in [0.29, 0.717) is 22.4 Å². The van der Waals surface area contributed by atoms with Crippen LogP contribution in [0.3, 0.4) is 0 Å². The minimum atomic E-state index is -2.80. The maximum Gasteiger partial charge on any atom is 0.323 e. The molecule has 0 fully saturated rings. The Morgan fingerprint density at radius 3 is 2.30 bits per heavy atom. The van der Waals surface area contributed by atoms with E-state index in [0.717, 1.165) is 4.90 Å². The predicted molar refractivity (Wildman–Crippen MR) is 109 cm³/mol. The normalized spacial score (nSPS) is 17.7. The second kappa shape index (κ2) is 7.96. The third-order valence-electron chi connectivity index (χ3n) is 4.94. The molecular weight excluding hydrogens is 389 g/mol. The zero-order chi connectivity index (χ0) is 21.1. The first-order valence-corrected chi connectivity index (χ1v) is 9.31. The molecule has 1 heterocycles. The van der Waals surface area contributed by atoms with E-state index in [1.54, 1.807) is 54.6 Å². The van der Waals surface area contributed by atoms with Gasteiger partial charge in [0, 0.05) is 16.8 Å². The Morgan fingerprint density at radius 1 is 0.967 bits per heavy atom. The van der Waals surface area contributed by atoms with Crippen LogP contribution >= 0.6 is 0 Å². The van der Waals surface area contributed by atoms with E-state index < -0.39 is 30.4 Å². The van der Waals surface area contributed by atoms with Crippen LogP contribution in [0.1, 0.15) is 16.7 Å². The number of urea groups is 1. The molecule has 4 rings (SSSR count). The van der Waals surface area contributed by atoms with Crippen molar-refractivity contribution in [2.45, 2.75) is 12.0 Å². The van der Waals surface area contributed by atoms with Gasteiger partial charge in [-0.05, 0) is 35.9 Å². The Labute approximate surface area is 172 Å². The third-order valence-corrected chi connectivity index (χ3v) is 4.94. The lowest BCUT2D eigenvalue weighted by atomic mass is 9.79. The van der Waals surface area contributed by atoms with Crippen LogP contribution in [0.4, 0.5) is 23.7 Å². The van der Waals surface area contributed by atoms with Crippen LogP contribution in [0.5, 0.6) is 0 Å². The standard InChI is InChI=1S/C24H17F3N2O/c25-19-11-12-21-20(15-19)24(18-9-5-2-6-10-18,14-13-17-7-3-1-4-8-17)29(16-22(26)27)23(30)28-21/h1-12,15,22H,16H2,(H,28,30). The zero-order valence-electron chi connectivity index (χ0n) is 15.8. The number of alkyl halides is 2. The summed E-state index contributed by atoms with van der Waals surface area (Å²) in [5.74, 6) is 5.50. The molecule has 1 aliphatic heterocycles. The molecule has 1 aliphatic rings. The van der Waals surface area contributed by atoms with Gasteiger partial charge in [-0.3, -0.25) is 4.90 Å². The number of hydrogen-bond donors (Lipinski definition) is 1. The van der Waals surface area contributed by atoms with Crippen LogP contribution < -0.4 is 5.32 Å². The Balaban J connectivity index is 2.05. The highest BCUT2D eigenvalue weighted by atomic mass is 19.3. The highest BCUT2D eigenvalue weighted by molar-refractivity contribution is 5.95. The van der Waals surface area contributed by atoms with Crippen LogP contribution in [0.25, 0.3) is 0 Å². The minimum Gasteiger partial charge on any atom is -0.307 e. The second-order valence-corrected chi connectivity index (χ2v) is 6.81. The highest BCUT2D eigenvalue weighted by Crippen LogP contribution is 2.43. The van der Waals surface area contributed by atoms with Gasteiger partial charge in [0.25, 0.3) is 6.43 Å². The van der Waals surface area contributed by atoms with Crippen molar-refractivity contribution in [2.24, 2.45) is 0 Å². The number of carbonyl (C=O) groups excluding carboxylic acids is 1. The molecule has 0 aromatic heterocycles. The summed E-state index contributed by atoms with van der Waals surface area (Å²) in [5, 5.41) is 2.58. The van der Waals surface area contributed by atoms with Gasteiger partial charge >= 0.3 is 6.03 Å². The van der Waals surface area contributed by atoms with Crippen molar-refractivity contribution >= 4 is 11.7 Å². The van der Waals surface area contributed by atoms with Gasteiger partial charge in [0.1, 0.15) is 5.82 Å². The number of fused-ring (bicyclic) bond motifs is 1. The van der Waals surface area contributed by atoms with E-state index in [2.05, 4.69) is 17.2 Å². The summed E-state index contributed by atoms with van der Waals surface area (Å²) < 4.78 is 41.3. The lowest BCUT2D eigenvalue weighted by Gasteiger charge is -2.45. The number of carbonyl (C=O) groups is 1. The monoisotopic (exact) mass is 406 g/mol. The predicted octanol–water partition coefficient (Wildman–Crippen LogP) is 5.23. The summed E-state index contributed by atoms with van der Waals surface area (Å²) in [6, 6.07) is 20.8. The number of benzene rings is 3. The highest BCUT2D eigenvalue weighted by Gasteiger charge is 2.48. The average molecular weight is 406 g/mol. The summed E-state index contributed by atoms with van der Waals surface area (Å²) in [6.45, 7) is -0.861. The van der Waals surface area contributed by atoms with E-state index in [-0.39, 0.29) is 0 Å². The molecule has 0 bridgehead atoms. The van der Waals surface area contributed by atoms with Crippen molar-refractivity contribution in [3.05, 3.63) is 101 Å². The van der Waals surface area contributed by atoms with Gasteiger partial charge in [0.05, 0.1) is 6.54 Å². The number of nitrogens with zero attached hydrogens (tertiary/aromatic N) is 1. The molecule has 0 saturated heterocycles. The van der Waals surface area contributed by atoms with Gasteiger partial charge in [-0.15, -0.1) is 0 Å². The molecule has 1 N–H and O–H groups in total. The first-order chi connectivity index (χ1) is 14.5. The summed E-state index contributed by atoms with van der Waals surface area (Å²) in [6.07, 6.45) is -2.80. The van der Waals surface area contributed by atoms with Crippen molar-refractivity contribution in [3.8, 4) is 11.8 Å². The molecule has 0 aliphatic carbocycles. The van der Waals surface area contributed by atoms with Crippen LogP contribution in [0, 0.1) is 17.7 Å². The molecule has 2 amide bonds. The molecule has 0 saturated carbocycles. The zero-order valence-corrected chi connectivity index (χ0v) is 15.8. The fraction of sp³-hybridized carbons (Fsp3) is 0.125. The molecule has 3 nitrogen and oxygen atoms in total. The lowest BCUT2D eigenvalue weighted by Crippen LogP contribution is -2.56. The minimum absolute atomic E-state index is 0.303. The molecule has 3 aromatic carbocycles. The van der Waals surface area contributed by atoms with Crippen molar-refractivity contribution in [1.29, 1.82) is 0 Å². The lowest BCUT2D eigenvalue weighted by molar-refractivity contribution is 0.0758. The van der Waals surface area contributed by atoms with Crippen molar-refractivity contribution < 1.29 is 18.0 Å². The van der Waals surface area contributed by atoms with Gasteiger partial charge in [-0.1, -0.05) is 60.4 Å². The SMILES string of the molecule is O=C1Nc2ccc(F)cc2C(C#Cc2ccccc2)(c2ccccc2)N1CC(F)F. The van der Waals surface area contributed by atoms with Crippen LogP contribution in [-0.4, -0.2) is 23.9 Å². The van der Waals surface area contributed by atoms with Crippen molar-refractivity contribution in [1.82, 2.24) is 4.90 Å². The van der Waals surface area contributed by atoms with E-state index in [1.165, 1.54) is 18.2 Å². The van der Waals surface area contributed by atoms with E-state index in [9.17, 15) is 18.0 Å². The molecule has 150 valence electrons. The van der Waals surface area contributed by atoms with Crippen molar-refractivity contribution in [2.75, 3.05) is 11.9 Å². The summed E-state index contributed by atoms with van der Waals surface area (Å²) in [7, 11) is 0. The smallest absolute Gasteiger partial charge is 0.307 e. The third kappa shape index (κ3) is 3.50. The molecule has 0 radical (unpaired) electrons. The molecule has 6 heteroatoms. The van der Waals surface area contributed by atoms with Gasteiger partial charge in [-0.25, -0.2) is 18.0 Å². The quantitative estimate of drug-likeness (QED) is 0.594. The number of nitrogens with one attached hydrogen (secondary N) is 1. The first-order valence-electron chi connectivity index (χ1n) is 9.31. The molecule has 0 spiro atoms. The average Bonchev–Trinajstić information content (AvgIpc) is 2.75. The van der Waals surface area contributed by atoms with Gasteiger partial charge in [-0.2, -0.15) is 0 Å². The van der Waals surface area contributed by atoms with Gasteiger partial charge < -0.3 is 5.32 Å². The van der Waals surface area contributed by atoms with E-state index in [4.69, 9.17) is 0 Å². The maximum atomic E-state index is 14.3. The first kappa shape index (κ1) is 19.6. The van der Waals surface area contributed by atoms with E-state index in [1.807, 2.05) is 6.07 Å². The fourth-order valence-corrected chi connectivity index (χ4v) is 3.64. The summed E-state index contributed by atoms with van der Waals surface area (Å²) in [5.41, 5.74) is 0.188. The Morgan fingerprint density at radius 2 is 1.63 bits per heavy atom. The van der Waals surface area contributed by atoms with Crippen LogP contribution in [0.15, 0.2) is 78.9 Å². The topological polar surface area (TPSA) is 32.3 Å². The Bertz CT molecular complexity index is 1120. The molecule has 3 aromatic rings. The molecular formula is C24H17F3N2O. The number of rotatable bonds is 3. The summed E-state index contributed by atoms with van der Waals surface area (Å²) in [4.78, 5) is 13.9. The summed E-state index contributed by atoms with van der Waals surface area (Å²) >= 11 is 0. The number of amides is 2. The van der Waals surface area contributed by atoms with Crippen LogP contribution in [-0.2, 0) is 5.54 Å². The Kier molecular flexibility index (Phi) is 5.20. The molecule has 1 atom stereocenters.